The van der Waals surface area contributed by atoms with E-state index >= 15 is 0 Å². The molecule has 1 atom stereocenters. The van der Waals surface area contributed by atoms with E-state index in [-0.39, 0.29) is 3.92 Å². The fourth-order valence-electron chi connectivity index (χ4n) is 0.666. The van der Waals surface area contributed by atoms with Crippen LogP contribution < -0.4 is 0 Å². The summed E-state index contributed by atoms with van der Waals surface area (Å²) in [5.74, 6) is 0. The van der Waals surface area contributed by atoms with Gasteiger partial charge in [0.1, 0.15) is 0 Å². The Labute approximate surface area is 72.3 Å². The van der Waals surface area contributed by atoms with E-state index in [2.05, 4.69) is 0 Å². The Morgan fingerprint density at radius 3 is 2.20 bits per heavy atom. The van der Waals surface area contributed by atoms with E-state index in [1.165, 1.54) is 0 Å². The molecular weight excluding hydrogens is 256 g/mol. The summed E-state index contributed by atoms with van der Waals surface area (Å²) in [4.78, 5) is 0. The highest BCUT2D eigenvalue weighted by atomic mass is 127. The summed E-state index contributed by atoms with van der Waals surface area (Å²) in [6.45, 7) is 1.89. The fourth-order valence-corrected chi connectivity index (χ4v) is 1.79. The summed E-state index contributed by atoms with van der Waals surface area (Å²) in [6, 6.07) is 0. The van der Waals surface area contributed by atoms with Crippen molar-refractivity contribution >= 4 is 22.6 Å². The second kappa shape index (κ2) is 4.41. The van der Waals surface area contributed by atoms with E-state index in [0.29, 0.717) is 6.42 Å². The van der Waals surface area contributed by atoms with Crippen LogP contribution in [-0.2, 0) is 0 Å². The van der Waals surface area contributed by atoms with Crippen LogP contribution in [0, 0.1) is 0 Å². The van der Waals surface area contributed by atoms with Gasteiger partial charge in [0, 0.05) is 3.92 Å². The summed E-state index contributed by atoms with van der Waals surface area (Å²) < 4.78 is 34.6. The molecule has 0 aromatic carbocycles. The van der Waals surface area contributed by atoms with Gasteiger partial charge in [0.05, 0.1) is 6.42 Å². The highest BCUT2D eigenvalue weighted by molar-refractivity contribution is 14.1. The summed E-state index contributed by atoms with van der Waals surface area (Å²) in [6.07, 6.45) is -3.16. The van der Waals surface area contributed by atoms with Gasteiger partial charge in [-0.1, -0.05) is 35.9 Å². The van der Waals surface area contributed by atoms with Crippen molar-refractivity contribution in [2.75, 3.05) is 0 Å². The van der Waals surface area contributed by atoms with Crippen LogP contribution in [0.5, 0.6) is 0 Å². The van der Waals surface area contributed by atoms with Crippen molar-refractivity contribution in [2.45, 2.75) is 36.3 Å². The van der Waals surface area contributed by atoms with Crippen molar-refractivity contribution in [3.8, 4) is 0 Å². The Morgan fingerprint density at radius 1 is 1.40 bits per heavy atom. The van der Waals surface area contributed by atoms with Gasteiger partial charge < -0.3 is 0 Å². The zero-order valence-electron chi connectivity index (χ0n) is 5.71. The molecule has 62 valence electrons. The SMILES string of the molecule is CCC[C@H](I)CC(F)(F)F. The van der Waals surface area contributed by atoms with Gasteiger partial charge in [-0.05, 0) is 6.42 Å². The molecule has 0 aliphatic heterocycles. The maximum atomic E-state index is 11.6. The van der Waals surface area contributed by atoms with Crippen LogP contribution in [0.2, 0.25) is 0 Å². The molecule has 0 spiro atoms. The van der Waals surface area contributed by atoms with Gasteiger partial charge in [0.25, 0.3) is 0 Å². The van der Waals surface area contributed by atoms with E-state index in [1.807, 2.05) is 29.5 Å². The van der Waals surface area contributed by atoms with Gasteiger partial charge in [-0.2, -0.15) is 13.2 Å². The zero-order valence-corrected chi connectivity index (χ0v) is 7.87. The van der Waals surface area contributed by atoms with Gasteiger partial charge in [0.2, 0.25) is 0 Å². The van der Waals surface area contributed by atoms with E-state index in [9.17, 15) is 13.2 Å². The molecule has 0 unspecified atom stereocenters. The van der Waals surface area contributed by atoms with Crippen LogP contribution in [0.3, 0.4) is 0 Å². The lowest BCUT2D eigenvalue weighted by molar-refractivity contribution is -0.133. The number of alkyl halides is 4. The van der Waals surface area contributed by atoms with Crippen molar-refractivity contribution in [1.29, 1.82) is 0 Å². The van der Waals surface area contributed by atoms with Crippen LogP contribution in [0.4, 0.5) is 13.2 Å². The molecule has 0 aliphatic rings. The minimum Gasteiger partial charge on any atom is -0.171 e. The zero-order chi connectivity index (χ0) is 8.20. The first kappa shape index (κ1) is 10.5. The molecule has 10 heavy (non-hydrogen) atoms. The van der Waals surface area contributed by atoms with Crippen LogP contribution in [0.15, 0.2) is 0 Å². The van der Waals surface area contributed by atoms with Crippen molar-refractivity contribution in [3.63, 3.8) is 0 Å². The first-order chi connectivity index (χ1) is 4.45. The van der Waals surface area contributed by atoms with Crippen LogP contribution >= 0.6 is 22.6 Å². The average molecular weight is 266 g/mol. The summed E-state index contributed by atoms with van der Waals surface area (Å²) in [7, 11) is 0. The van der Waals surface area contributed by atoms with Crippen LogP contribution in [0.25, 0.3) is 0 Å². The molecule has 0 N–H and O–H groups in total. The molecule has 0 aromatic rings. The Bertz CT molecular complexity index is 89.5. The monoisotopic (exact) mass is 266 g/mol. The molecule has 0 heterocycles. The third kappa shape index (κ3) is 6.64. The smallest absolute Gasteiger partial charge is 0.171 e. The van der Waals surface area contributed by atoms with Gasteiger partial charge in [-0.3, -0.25) is 0 Å². The molecule has 0 saturated carbocycles. The molecule has 0 aromatic heterocycles. The largest absolute Gasteiger partial charge is 0.390 e. The van der Waals surface area contributed by atoms with Crippen molar-refractivity contribution in [1.82, 2.24) is 0 Å². The molecule has 0 saturated heterocycles. The first-order valence-corrected chi connectivity index (χ1v) is 4.41. The van der Waals surface area contributed by atoms with Crippen molar-refractivity contribution in [2.24, 2.45) is 0 Å². The van der Waals surface area contributed by atoms with Crippen LogP contribution in [-0.4, -0.2) is 10.1 Å². The standard InChI is InChI=1S/C6H10F3I/c1-2-3-5(10)4-6(7,8)9/h5H,2-4H2,1H3/t5-/m0/s1. The average Bonchev–Trinajstić information content (AvgIpc) is 1.59. The number of hydrogen-bond donors (Lipinski definition) is 0. The lowest BCUT2D eigenvalue weighted by Gasteiger charge is -2.10. The van der Waals surface area contributed by atoms with Crippen molar-refractivity contribution in [3.05, 3.63) is 0 Å². The topological polar surface area (TPSA) is 0 Å². The molecule has 0 nitrogen and oxygen atoms in total. The minimum absolute atomic E-state index is 0.248. The third-order valence-corrected chi connectivity index (χ3v) is 2.12. The van der Waals surface area contributed by atoms with Crippen LogP contribution in [0.1, 0.15) is 26.2 Å². The Hall–Kier alpha value is 0.520. The van der Waals surface area contributed by atoms with E-state index in [0.717, 1.165) is 6.42 Å². The third-order valence-electron chi connectivity index (χ3n) is 1.05. The Kier molecular flexibility index (Phi) is 4.64. The molecule has 0 aliphatic carbocycles. The minimum atomic E-state index is -3.99. The fraction of sp³-hybridized carbons (Fsp3) is 1.00. The Morgan fingerprint density at radius 2 is 1.90 bits per heavy atom. The molecule has 0 radical (unpaired) electrons. The lowest BCUT2D eigenvalue weighted by Crippen LogP contribution is -2.14. The summed E-state index contributed by atoms with van der Waals surface area (Å²) in [5.41, 5.74) is 0. The quantitative estimate of drug-likeness (QED) is 0.541. The molecule has 0 bridgehead atoms. The Balaban J connectivity index is 3.47. The maximum absolute atomic E-state index is 11.6. The molecular formula is C6H10F3I. The number of hydrogen-bond acceptors (Lipinski definition) is 0. The van der Waals surface area contributed by atoms with Gasteiger partial charge >= 0.3 is 6.18 Å². The van der Waals surface area contributed by atoms with Gasteiger partial charge in [-0.25, -0.2) is 0 Å². The predicted molar refractivity (Wildman–Crippen MR) is 43.4 cm³/mol. The first-order valence-electron chi connectivity index (χ1n) is 3.16. The maximum Gasteiger partial charge on any atom is 0.390 e. The summed E-state index contributed by atoms with van der Waals surface area (Å²) in [5, 5.41) is 0. The molecule has 0 amide bonds. The van der Waals surface area contributed by atoms with E-state index in [1.54, 1.807) is 0 Å². The second-order valence-corrected chi connectivity index (χ2v) is 3.97. The van der Waals surface area contributed by atoms with E-state index < -0.39 is 12.6 Å². The second-order valence-electron chi connectivity index (χ2n) is 2.21. The lowest BCUT2D eigenvalue weighted by atomic mass is 10.2. The molecule has 0 fully saturated rings. The molecule has 4 heteroatoms. The number of rotatable bonds is 3. The summed E-state index contributed by atoms with van der Waals surface area (Å²) >= 11 is 1.85. The highest BCUT2D eigenvalue weighted by Gasteiger charge is 2.29. The highest BCUT2D eigenvalue weighted by Crippen LogP contribution is 2.27. The molecule has 0 rings (SSSR count). The van der Waals surface area contributed by atoms with Gasteiger partial charge in [-0.15, -0.1) is 0 Å². The number of halogens is 4. The van der Waals surface area contributed by atoms with Crippen molar-refractivity contribution < 1.29 is 13.2 Å². The van der Waals surface area contributed by atoms with Gasteiger partial charge in [0.15, 0.2) is 0 Å². The van der Waals surface area contributed by atoms with E-state index in [4.69, 9.17) is 0 Å². The normalized spacial score (nSPS) is 15.3. The predicted octanol–water partition coefficient (Wildman–Crippen LogP) is 3.54.